The number of nitrogens with zero attached hydrogens (tertiary/aromatic N) is 1. The van der Waals surface area contributed by atoms with Crippen molar-refractivity contribution in [3.05, 3.63) is 28.7 Å². The molecule has 0 aliphatic carbocycles. The Morgan fingerprint density at radius 1 is 1.25 bits per heavy atom. The third-order valence-electron chi connectivity index (χ3n) is 3.87. The van der Waals surface area contributed by atoms with E-state index in [-0.39, 0.29) is 0 Å². The van der Waals surface area contributed by atoms with Crippen LogP contribution < -0.4 is 10.2 Å². The first-order valence-electron chi connectivity index (χ1n) is 6.07. The third-order valence-corrected chi connectivity index (χ3v) is 4.54. The van der Waals surface area contributed by atoms with Crippen molar-refractivity contribution < 1.29 is 0 Å². The van der Waals surface area contributed by atoms with Crippen LogP contribution in [0.3, 0.4) is 0 Å². The fourth-order valence-corrected chi connectivity index (χ4v) is 3.49. The number of piperidine rings is 1. The molecule has 0 aromatic heterocycles. The summed E-state index contributed by atoms with van der Waals surface area (Å²) in [6.07, 6.45) is 2.70. The van der Waals surface area contributed by atoms with Crippen molar-refractivity contribution in [3.8, 4) is 0 Å². The van der Waals surface area contributed by atoms with Crippen molar-refractivity contribution in [2.45, 2.75) is 18.9 Å². The predicted molar refractivity (Wildman–Crippen MR) is 70.9 cm³/mol. The van der Waals surface area contributed by atoms with E-state index < -0.39 is 0 Å². The summed E-state index contributed by atoms with van der Waals surface area (Å²) in [4.78, 5) is 2.50. The van der Waals surface area contributed by atoms with Crippen LogP contribution in [0.15, 0.2) is 28.7 Å². The van der Waals surface area contributed by atoms with Crippen LogP contribution in [-0.4, -0.2) is 25.7 Å². The Labute approximate surface area is 105 Å². The van der Waals surface area contributed by atoms with Gasteiger partial charge in [0.2, 0.25) is 0 Å². The summed E-state index contributed by atoms with van der Waals surface area (Å²) >= 11 is 3.64. The number of halogens is 1. The first kappa shape index (κ1) is 10.6. The smallest absolute Gasteiger partial charge is 0.0511 e. The minimum Gasteiger partial charge on any atom is -0.369 e. The minimum absolute atomic E-state index is 0.709. The maximum absolute atomic E-state index is 3.64. The van der Waals surface area contributed by atoms with Gasteiger partial charge in [-0.25, -0.2) is 0 Å². The zero-order valence-corrected chi connectivity index (χ0v) is 10.9. The highest BCUT2D eigenvalue weighted by atomic mass is 79.9. The average molecular weight is 281 g/mol. The van der Waals surface area contributed by atoms with Crippen LogP contribution in [0.2, 0.25) is 0 Å². The Morgan fingerprint density at radius 3 is 3.00 bits per heavy atom. The molecule has 16 heavy (non-hydrogen) atoms. The van der Waals surface area contributed by atoms with Crippen molar-refractivity contribution >= 4 is 21.6 Å². The molecule has 2 aliphatic rings. The van der Waals surface area contributed by atoms with Crippen molar-refractivity contribution in [3.63, 3.8) is 0 Å². The Bertz CT molecular complexity index is 380. The van der Waals surface area contributed by atoms with E-state index in [2.05, 4.69) is 50.4 Å². The second-order valence-electron chi connectivity index (χ2n) is 4.80. The Morgan fingerprint density at radius 2 is 2.12 bits per heavy atom. The van der Waals surface area contributed by atoms with Gasteiger partial charge in [-0.05, 0) is 53.4 Å². The molecule has 0 radical (unpaired) electrons. The number of nitrogens with one attached hydrogen (secondary N) is 1. The van der Waals surface area contributed by atoms with Crippen LogP contribution in [0, 0.1) is 5.92 Å². The summed E-state index contributed by atoms with van der Waals surface area (Å²) in [5.74, 6) is 0.915. The largest absolute Gasteiger partial charge is 0.369 e. The quantitative estimate of drug-likeness (QED) is 0.851. The normalized spacial score (nSPS) is 29.2. The van der Waals surface area contributed by atoms with Gasteiger partial charge < -0.3 is 10.2 Å². The molecule has 0 spiro atoms. The zero-order valence-electron chi connectivity index (χ0n) is 9.32. The molecule has 1 aromatic carbocycles. The first-order chi connectivity index (χ1) is 7.84. The molecule has 2 aliphatic heterocycles. The molecule has 2 atom stereocenters. The molecule has 3 heteroatoms. The Hall–Kier alpha value is -0.540. The fourth-order valence-electron chi connectivity index (χ4n) is 2.96. The average Bonchev–Trinajstić information content (AvgIpc) is 2.76. The minimum atomic E-state index is 0.709. The van der Waals surface area contributed by atoms with Crippen LogP contribution in [0.4, 0.5) is 5.69 Å². The summed E-state index contributed by atoms with van der Waals surface area (Å²) in [6, 6.07) is 9.24. The molecule has 3 rings (SSSR count). The molecule has 2 fully saturated rings. The van der Waals surface area contributed by atoms with E-state index in [0.717, 1.165) is 12.5 Å². The molecule has 0 amide bonds. The molecular weight excluding hydrogens is 264 g/mol. The lowest BCUT2D eigenvalue weighted by Gasteiger charge is -2.36. The van der Waals surface area contributed by atoms with E-state index in [4.69, 9.17) is 0 Å². The van der Waals surface area contributed by atoms with Gasteiger partial charge in [-0.2, -0.15) is 0 Å². The van der Waals surface area contributed by atoms with Gasteiger partial charge in [0.05, 0.1) is 5.69 Å². The molecule has 2 unspecified atom stereocenters. The van der Waals surface area contributed by atoms with Crippen molar-refractivity contribution in [2.24, 2.45) is 5.92 Å². The topological polar surface area (TPSA) is 15.3 Å². The lowest BCUT2D eigenvalue weighted by atomic mass is 9.92. The molecule has 0 bridgehead atoms. The van der Waals surface area contributed by atoms with E-state index in [9.17, 15) is 0 Å². The highest BCUT2D eigenvalue weighted by Gasteiger charge is 2.32. The maximum atomic E-state index is 3.64. The van der Waals surface area contributed by atoms with Crippen molar-refractivity contribution in [1.29, 1.82) is 0 Å². The van der Waals surface area contributed by atoms with Crippen LogP contribution in [-0.2, 0) is 0 Å². The highest BCUT2D eigenvalue weighted by molar-refractivity contribution is 9.10. The summed E-state index contributed by atoms with van der Waals surface area (Å²) in [5.41, 5.74) is 1.34. The zero-order chi connectivity index (χ0) is 11.0. The van der Waals surface area contributed by atoms with Gasteiger partial charge in [-0.1, -0.05) is 12.1 Å². The molecule has 0 saturated carbocycles. The summed E-state index contributed by atoms with van der Waals surface area (Å²) in [6.45, 7) is 3.57. The van der Waals surface area contributed by atoms with E-state index in [1.807, 2.05) is 0 Å². The molecular formula is C13H17BrN2. The third kappa shape index (κ3) is 1.87. The van der Waals surface area contributed by atoms with Crippen LogP contribution in [0.5, 0.6) is 0 Å². The van der Waals surface area contributed by atoms with Crippen LogP contribution in [0.25, 0.3) is 0 Å². The number of hydrogen-bond donors (Lipinski definition) is 1. The Balaban J connectivity index is 1.79. The number of para-hydroxylation sites is 1. The Kier molecular flexibility index (Phi) is 2.90. The standard InChI is InChI=1S/C13H17BrN2/c14-11-3-1-2-4-13(11)16-8-6-10-5-7-15-12(10)9-16/h1-4,10,12,15H,5-9H2. The lowest BCUT2D eigenvalue weighted by Crippen LogP contribution is -2.46. The second-order valence-corrected chi connectivity index (χ2v) is 5.65. The van der Waals surface area contributed by atoms with Gasteiger partial charge >= 0.3 is 0 Å². The van der Waals surface area contributed by atoms with Gasteiger partial charge in [0, 0.05) is 23.6 Å². The van der Waals surface area contributed by atoms with Gasteiger partial charge in [0.15, 0.2) is 0 Å². The molecule has 2 saturated heterocycles. The van der Waals surface area contributed by atoms with Crippen molar-refractivity contribution in [1.82, 2.24) is 5.32 Å². The first-order valence-corrected chi connectivity index (χ1v) is 6.87. The number of benzene rings is 1. The van der Waals surface area contributed by atoms with E-state index in [0.29, 0.717) is 6.04 Å². The van der Waals surface area contributed by atoms with E-state index >= 15 is 0 Å². The molecule has 1 N–H and O–H groups in total. The summed E-state index contributed by atoms with van der Waals surface area (Å²) in [7, 11) is 0. The number of fused-ring (bicyclic) bond motifs is 1. The fraction of sp³-hybridized carbons (Fsp3) is 0.538. The van der Waals surface area contributed by atoms with Gasteiger partial charge in [-0.3, -0.25) is 0 Å². The molecule has 1 aromatic rings. The second kappa shape index (κ2) is 4.38. The lowest BCUT2D eigenvalue weighted by molar-refractivity contribution is 0.373. The molecule has 86 valence electrons. The van der Waals surface area contributed by atoms with E-state index in [1.165, 1.54) is 36.1 Å². The van der Waals surface area contributed by atoms with Gasteiger partial charge in [0.25, 0.3) is 0 Å². The SMILES string of the molecule is Brc1ccccc1N1CCC2CCNC2C1. The monoisotopic (exact) mass is 280 g/mol. The van der Waals surface area contributed by atoms with Gasteiger partial charge in [0.1, 0.15) is 0 Å². The number of hydrogen-bond acceptors (Lipinski definition) is 2. The van der Waals surface area contributed by atoms with Gasteiger partial charge in [-0.15, -0.1) is 0 Å². The highest BCUT2D eigenvalue weighted by Crippen LogP contribution is 2.32. The number of anilines is 1. The van der Waals surface area contributed by atoms with Crippen LogP contribution in [0.1, 0.15) is 12.8 Å². The maximum Gasteiger partial charge on any atom is 0.0511 e. The van der Waals surface area contributed by atoms with Crippen LogP contribution >= 0.6 is 15.9 Å². The molecule has 2 nitrogen and oxygen atoms in total. The van der Waals surface area contributed by atoms with Crippen molar-refractivity contribution in [2.75, 3.05) is 24.5 Å². The van der Waals surface area contributed by atoms with E-state index in [1.54, 1.807) is 0 Å². The molecule has 2 heterocycles. The predicted octanol–water partition coefficient (Wildman–Crippen LogP) is 2.64. The summed E-state index contributed by atoms with van der Waals surface area (Å²) < 4.78 is 1.21. The summed E-state index contributed by atoms with van der Waals surface area (Å²) in [5, 5.41) is 3.62. The number of rotatable bonds is 1.